The van der Waals surface area contributed by atoms with E-state index in [4.69, 9.17) is 14.5 Å². The summed E-state index contributed by atoms with van der Waals surface area (Å²) in [6.45, 7) is 5.90. The van der Waals surface area contributed by atoms with Gasteiger partial charge in [-0.1, -0.05) is 24.3 Å². The van der Waals surface area contributed by atoms with Crippen molar-refractivity contribution >= 4 is 16.9 Å². The Morgan fingerprint density at radius 3 is 2.85 bits per heavy atom. The van der Waals surface area contributed by atoms with Crippen LogP contribution in [0, 0.1) is 5.92 Å². The molecule has 1 fully saturated rings. The number of fused-ring (bicyclic) bond motifs is 1. The first-order valence-corrected chi connectivity index (χ1v) is 11.8. The van der Waals surface area contributed by atoms with E-state index in [0.717, 1.165) is 79.0 Å². The maximum atomic E-state index is 11.9. The van der Waals surface area contributed by atoms with Gasteiger partial charge in [-0.2, -0.15) is 0 Å². The second-order valence-electron chi connectivity index (χ2n) is 8.52. The Kier molecular flexibility index (Phi) is 7.66. The van der Waals surface area contributed by atoms with Crippen LogP contribution >= 0.6 is 0 Å². The van der Waals surface area contributed by atoms with E-state index in [1.807, 2.05) is 42.5 Å². The molecule has 1 amide bonds. The van der Waals surface area contributed by atoms with Gasteiger partial charge in [0.15, 0.2) is 11.5 Å². The fourth-order valence-electron chi connectivity index (χ4n) is 4.03. The van der Waals surface area contributed by atoms with Crippen molar-refractivity contribution in [3.63, 3.8) is 0 Å². The van der Waals surface area contributed by atoms with Crippen LogP contribution in [0.3, 0.4) is 0 Å². The van der Waals surface area contributed by atoms with E-state index in [9.17, 15) is 4.79 Å². The van der Waals surface area contributed by atoms with E-state index in [-0.39, 0.29) is 11.8 Å². The number of unbranched alkanes of at least 4 members (excludes halogenated alkanes) is 1. The van der Waals surface area contributed by atoms with Crippen LogP contribution in [-0.2, 0) is 24.2 Å². The molecule has 33 heavy (non-hydrogen) atoms. The van der Waals surface area contributed by atoms with E-state index < -0.39 is 0 Å². The van der Waals surface area contributed by atoms with Crippen LogP contribution < -0.4 is 14.8 Å². The van der Waals surface area contributed by atoms with E-state index in [2.05, 4.69) is 22.5 Å². The lowest BCUT2D eigenvalue weighted by atomic mass is 10.1. The standard InChI is InChI=1S/C27H33N3O3/c1-3-8-20-11-14-24(25(19-20)32-2)33-18-7-6-17-30-23-10-5-4-9-22(23)29-26(30)15-16-28-27(31)21-12-13-21/h3-5,9-11,14,19,21H,1,6-8,12-13,15-18H2,2H3,(H,28,31). The van der Waals surface area contributed by atoms with Crippen LogP contribution in [0.5, 0.6) is 11.5 Å². The minimum Gasteiger partial charge on any atom is -0.493 e. The third-order valence-electron chi connectivity index (χ3n) is 5.97. The van der Waals surface area contributed by atoms with Gasteiger partial charge >= 0.3 is 0 Å². The highest BCUT2D eigenvalue weighted by Gasteiger charge is 2.29. The lowest BCUT2D eigenvalue weighted by molar-refractivity contribution is -0.122. The smallest absolute Gasteiger partial charge is 0.223 e. The van der Waals surface area contributed by atoms with Crippen LogP contribution in [0.1, 0.15) is 37.1 Å². The van der Waals surface area contributed by atoms with E-state index in [1.54, 1.807) is 7.11 Å². The van der Waals surface area contributed by atoms with Gasteiger partial charge in [0, 0.05) is 25.4 Å². The molecule has 6 nitrogen and oxygen atoms in total. The predicted octanol–water partition coefficient (Wildman–Crippen LogP) is 4.70. The van der Waals surface area contributed by atoms with E-state index in [1.165, 1.54) is 0 Å². The number of carbonyl (C=O) groups excluding carboxylic acids is 1. The Balaban J connectivity index is 1.31. The molecule has 1 saturated carbocycles. The van der Waals surface area contributed by atoms with Crippen molar-refractivity contribution in [1.29, 1.82) is 0 Å². The van der Waals surface area contributed by atoms with Crippen molar-refractivity contribution < 1.29 is 14.3 Å². The number of hydrogen-bond acceptors (Lipinski definition) is 4. The van der Waals surface area contributed by atoms with Crippen molar-refractivity contribution in [1.82, 2.24) is 14.9 Å². The summed E-state index contributed by atoms with van der Waals surface area (Å²) >= 11 is 0. The molecule has 0 radical (unpaired) electrons. The van der Waals surface area contributed by atoms with Gasteiger partial charge in [-0.15, -0.1) is 6.58 Å². The quantitative estimate of drug-likeness (QED) is 0.305. The molecule has 0 spiro atoms. The van der Waals surface area contributed by atoms with Crippen molar-refractivity contribution in [3.8, 4) is 11.5 Å². The van der Waals surface area contributed by atoms with Crippen molar-refractivity contribution in [3.05, 3.63) is 66.5 Å². The summed E-state index contributed by atoms with van der Waals surface area (Å²) in [5.74, 6) is 2.96. The van der Waals surface area contributed by atoms with Crippen molar-refractivity contribution in [2.24, 2.45) is 5.92 Å². The van der Waals surface area contributed by atoms with Crippen LogP contribution in [0.15, 0.2) is 55.1 Å². The van der Waals surface area contributed by atoms with Crippen LogP contribution in [0.4, 0.5) is 0 Å². The van der Waals surface area contributed by atoms with Gasteiger partial charge in [-0.05, 0) is 61.9 Å². The summed E-state index contributed by atoms with van der Waals surface area (Å²) in [6.07, 6.45) is 7.36. The van der Waals surface area contributed by atoms with Crippen LogP contribution in [0.25, 0.3) is 11.0 Å². The number of allylic oxidation sites excluding steroid dienone is 1. The minimum atomic E-state index is 0.183. The number of ether oxygens (including phenoxy) is 2. The van der Waals surface area contributed by atoms with E-state index >= 15 is 0 Å². The highest BCUT2D eigenvalue weighted by molar-refractivity contribution is 5.80. The number of aryl methyl sites for hydroxylation is 1. The van der Waals surface area contributed by atoms with Crippen molar-refractivity contribution in [2.75, 3.05) is 20.3 Å². The highest BCUT2D eigenvalue weighted by Crippen LogP contribution is 2.29. The number of methoxy groups -OCH3 is 1. The minimum absolute atomic E-state index is 0.183. The van der Waals surface area contributed by atoms with Gasteiger partial charge in [0.2, 0.25) is 5.91 Å². The number of hydrogen-bond donors (Lipinski definition) is 1. The molecule has 1 aliphatic rings. The Morgan fingerprint density at radius 1 is 1.21 bits per heavy atom. The molecule has 174 valence electrons. The zero-order valence-electron chi connectivity index (χ0n) is 19.4. The number of rotatable bonds is 13. The molecule has 3 aromatic rings. The van der Waals surface area contributed by atoms with Gasteiger partial charge in [-0.3, -0.25) is 4.79 Å². The monoisotopic (exact) mass is 447 g/mol. The lowest BCUT2D eigenvalue weighted by Gasteiger charge is -2.13. The topological polar surface area (TPSA) is 65.4 Å². The number of carbonyl (C=O) groups is 1. The third-order valence-corrected chi connectivity index (χ3v) is 5.97. The van der Waals surface area contributed by atoms with Crippen LogP contribution in [-0.4, -0.2) is 35.7 Å². The Hall–Kier alpha value is -3.28. The van der Waals surface area contributed by atoms with Gasteiger partial charge < -0.3 is 19.4 Å². The molecule has 0 unspecified atom stereocenters. The second kappa shape index (κ2) is 11.0. The summed E-state index contributed by atoms with van der Waals surface area (Å²) < 4.78 is 13.8. The molecular formula is C27H33N3O3. The average molecular weight is 448 g/mol. The molecule has 2 aromatic carbocycles. The molecule has 6 heteroatoms. The molecule has 0 bridgehead atoms. The second-order valence-corrected chi connectivity index (χ2v) is 8.52. The zero-order chi connectivity index (χ0) is 23.0. The first-order chi connectivity index (χ1) is 16.2. The molecule has 0 atom stereocenters. The molecule has 1 aliphatic carbocycles. The summed E-state index contributed by atoms with van der Waals surface area (Å²) in [4.78, 5) is 16.8. The third kappa shape index (κ3) is 5.95. The highest BCUT2D eigenvalue weighted by atomic mass is 16.5. The molecule has 0 aliphatic heterocycles. The van der Waals surface area contributed by atoms with Gasteiger partial charge in [0.05, 0.1) is 24.8 Å². The van der Waals surface area contributed by atoms with Gasteiger partial charge in [0.25, 0.3) is 0 Å². The first-order valence-electron chi connectivity index (χ1n) is 11.8. The summed E-state index contributed by atoms with van der Waals surface area (Å²) in [7, 11) is 1.67. The Bertz CT molecular complexity index is 1100. The number of imidazole rings is 1. The molecule has 0 saturated heterocycles. The Labute approximate surface area is 195 Å². The predicted molar refractivity (Wildman–Crippen MR) is 131 cm³/mol. The van der Waals surface area contributed by atoms with Crippen LogP contribution in [0.2, 0.25) is 0 Å². The largest absolute Gasteiger partial charge is 0.493 e. The zero-order valence-corrected chi connectivity index (χ0v) is 19.4. The maximum absolute atomic E-state index is 11.9. The number of amides is 1. The van der Waals surface area contributed by atoms with Crippen molar-refractivity contribution in [2.45, 2.75) is 45.1 Å². The summed E-state index contributed by atoms with van der Waals surface area (Å²) in [5, 5.41) is 3.05. The molecular weight excluding hydrogens is 414 g/mol. The molecule has 1 N–H and O–H groups in total. The van der Waals surface area contributed by atoms with E-state index in [0.29, 0.717) is 13.2 Å². The number of benzene rings is 2. The number of para-hydroxylation sites is 2. The summed E-state index contributed by atoms with van der Waals surface area (Å²) in [6, 6.07) is 14.2. The molecule has 1 heterocycles. The number of aromatic nitrogens is 2. The molecule has 1 aromatic heterocycles. The average Bonchev–Trinajstić information content (AvgIpc) is 3.63. The number of nitrogens with one attached hydrogen (secondary N) is 1. The fourth-order valence-corrected chi connectivity index (χ4v) is 4.03. The summed E-state index contributed by atoms with van der Waals surface area (Å²) in [5.41, 5.74) is 3.30. The van der Waals surface area contributed by atoms with Gasteiger partial charge in [0.1, 0.15) is 5.82 Å². The Morgan fingerprint density at radius 2 is 2.06 bits per heavy atom. The first kappa shape index (κ1) is 22.9. The normalized spacial score (nSPS) is 13.1. The maximum Gasteiger partial charge on any atom is 0.223 e. The SMILES string of the molecule is C=CCc1ccc(OCCCCn2c(CCNC(=O)C3CC3)nc3ccccc32)c(OC)c1. The number of nitrogens with zero attached hydrogens (tertiary/aromatic N) is 2. The lowest BCUT2D eigenvalue weighted by Crippen LogP contribution is -2.27. The fraction of sp³-hybridized carbons (Fsp3) is 0.407. The molecule has 4 rings (SSSR count). The van der Waals surface area contributed by atoms with Gasteiger partial charge in [-0.25, -0.2) is 4.98 Å².